The molecule has 2 aliphatic rings. The fraction of sp³-hybridized carbons (Fsp3) is 0.556. The van der Waals surface area contributed by atoms with E-state index < -0.39 is 0 Å². The van der Waals surface area contributed by atoms with Crippen LogP contribution in [0.4, 0.5) is 0 Å². The lowest BCUT2D eigenvalue weighted by atomic mass is 9.87. The molecule has 2 fully saturated rings. The maximum atomic E-state index is 12.5. The summed E-state index contributed by atoms with van der Waals surface area (Å²) in [5, 5.41) is 6.88. The SMILES string of the molecule is O=C1CCCC(CC(=O)NC2(c3ccc(Cl)cc3)CCCC2)N1. The predicted octanol–water partition coefficient (Wildman–Crippen LogP) is 3.28. The molecule has 3 rings (SSSR count). The first-order chi connectivity index (χ1) is 11.1. The van der Waals surface area contributed by atoms with E-state index in [1.807, 2.05) is 24.3 Å². The number of rotatable bonds is 4. The summed E-state index contributed by atoms with van der Waals surface area (Å²) in [7, 11) is 0. The third kappa shape index (κ3) is 3.86. The zero-order valence-electron chi connectivity index (χ0n) is 13.2. The van der Waals surface area contributed by atoms with Crippen molar-refractivity contribution in [3.05, 3.63) is 34.9 Å². The summed E-state index contributed by atoms with van der Waals surface area (Å²) in [6.07, 6.45) is 6.83. The van der Waals surface area contributed by atoms with E-state index in [2.05, 4.69) is 10.6 Å². The molecule has 1 aromatic rings. The van der Waals surface area contributed by atoms with Crippen molar-refractivity contribution < 1.29 is 9.59 Å². The van der Waals surface area contributed by atoms with Crippen molar-refractivity contribution in [1.29, 1.82) is 0 Å². The number of amides is 2. The van der Waals surface area contributed by atoms with Gasteiger partial charge < -0.3 is 10.6 Å². The highest BCUT2D eigenvalue weighted by molar-refractivity contribution is 6.30. The van der Waals surface area contributed by atoms with E-state index in [0.717, 1.165) is 44.1 Å². The number of nitrogens with one attached hydrogen (secondary N) is 2. The Kier molecular flexibility index (Phi) is 4.90. The smallest absolute Gasteiger partial charge is 0.222 e. The first-order valence-electron chi connectivity index (χ1n) is 8.44. The highest BCUT2D eigenvalue weighted by Gasteiger charge is 2.37. The summed E-state index contributed by atoms with van der Waals surface area (Å²) in [5.41, 5.74) is 0.848. The second-order valence-electron chi connectivity index (χ2n) is 6.71. The highest BCUT2D eigenvalue weighted by atomic mass is 35.5. The zero-order chi connectivity index (χ0) is 16.3. The van der Waals surface area contributed by atoms with Gasteiger partial charge in [-0.05, 0) is 43.4 Å². The molecule has 1 unspecified atom stereocenters. The van der Waals surface area contributed by atoms with E-state index >= 15 is 0 Å². The molecule has 1 saturated carbocycles. The topological polar surface area (TPSA) is 58.2 Å². The molecule has 2 amide bonds. The van der Waals surface area contributed by atoms with Gasteiger partial charge >= 0.3 is 0 Å². The number of piperidine rings is 1. The van der Waals surface area contributed by atoms with Crippen LogP contribution in [0.1, 0.15) is 56.9 Å². The second kappa shape index (κ2) is 6.91. The third-order valence-corrected chi connectivity index (χ3v) is 5.24. The van der Waals surface area contributed by atoms with Gasteiger partial charge in [0.15, 0.2) is 0 Å². The summed E-state index contributed by atoms with van der Waals surface area (Å²) >= 11 is 5.98. The molecule has 5 heteroatoms. The molecule has 1 aromatic carbocycles. The number of benzene rings is 1. The van der Waals surface area contributed by atoms with Crippen molar-refractivity contribution in [3.8, 4) is 0 Å². The molecule has 0 spiro atoms. The third-order valence-electron chi connectivity index (χ3n) is 4.99. The van der Waals surface area contributed by atoms with E-state index in [1.54, 1.807) is 0 Å². The molecular formula is C18H23ClN2O2. The summed E-state index contributed by atoms with van der Waals surface area (Å²) in [5.74, 6) is 0.0800. The van der Waals surface area contributed by atoms with Gasteiger partial charge in [-0.15, -0.1) is 0 Å². The standard InChI is InChI=1S/C18H23ClN2O2/c19-14-8-6-13(7-9-14)18(10-1-2-11-18)21-17(23)12-15-4-3-5-16(22)20-15/h6-9,15H,1-5,10-12H2,(H,20,22)(H,21,23). The molecule has 0 radical (unpaired) electrons. The van der Waals surface area contributed by atoms with Crippen LogP contribution in [0.5, 0.6) is 0 Å². The van der Waals surface area contributed by atoms with Gasteiger partial charge in [-0.3, -0.25) is 9.59 Å². The molecule has 0 aromatic heterocycles. The summed E-state index contributed by atoms with van der Waals surface area (Å²) in [6.45, 7) is 0. The molecule has 1 atom stereocenters. The maximum Gasteiger partial charge on any atom is 0.222 e. The summed E-state index contributed by atoms with van der Waals surface area (Å²) < 4.78 is 0. The lowest BCUT2D eigenvalue weighted by molar-refractivity contribution is -0.126. The van der Waals surface area contributed by atoms with Crippen LogP contribution >= 0.6 is 11.6 Å². The molecular weight excluding hydrogens is 312 g/mol. The normalized spacial score (nSPS) is 23.3. The fourth-order valence-corrected chi connectivity index (χ4v) is 3.94. The Hall–Kier alpha value is -1.55. The zero-order valence-corrected chi connectivity index (χ0v) is 14.0. The molecule has 0 bridgehead atoms. The minimum absolute atomic E-state index is 0.0223. The van der Waals surface area contributed by atoms with Crippen LogP contribution in [0.25, 0.3) is 0 Å². The van der Waals surface area contributed by atoms with Crippen LogP contribution in [-0.2, 0) is 15.1 Å². The van der Waals surface area contributed by atoms with Crippen LogP contribution in [0.3, 0.4) is 0 Å². The molecule has 2 N–H and O–H groups in total. The van der Waals surface area contributed by atoms with E-state index in [0.29, 0.717) is 17.9 Å². The van der Waals surface area contributed by atoms with Crippen LogP contribution < -0.4 is 10.6 Å². The monoisotopic (exact) mass is 334 g/mol. The first kappa shape index (κ1) is 16.3. The van der Waals surface area contributed by atoms with Crippen molar-refractivity contribution in [2.75, 3.05) is 0 Å². The van der Waals surface area contributed by atoms with Crippen molar-refractivity contribution in [1.82, 2.24) is 10.6 Å². The number of hydrogen-bond acceptors (Lipinski definition) is 2. The van der Waals surface area contributed by atoms with E-state index in [-0.39, 0.29) is 23.4 Å². The molecule has 23 heavy (non-hydrogen) atoms. The highest BCUT2D eigenvalue weighted by Crippen LogP contribution is 2.39. The van der Waals surface area contributed by atoms with E-state index in [9.17, 15) is 9.59 Å². The number of halogens is 1. The molecule has 1 saturated heterocycles. The number of carbonyl (C=O) groups excluding carboxylic acids is 2. The predicted molar refractivity (Wildman–Crippen MR) is 90.1 cm³/mol. The van der Waals surface area contributed by atoms with Gasteiger partial charge in [0.25, 0.3) is 0 Å². The molecule has 124 valence electrons. The van der Waals surface area contributed by atoms with Crippen molar-refractivity contribution >= 4 is 23.4 Å². The van der Waals surface area contributed by atoms with Gasteiger partial charge in [-0.2, -0.15) is 0 Å². The number of hydrogen-bond donors (Lipinski definition) is 2. The van der Waals surface area contributed by atoms with Gasteiger partial charge in [0.2, 0.25) is 11.8 Å². The molecule has 4 nitrogen and oxygen atoms in total. The Morgan fingerprint density at radius 3 is 2.57 bits per heavy atom. The quantitative estimate of drug-likeness (QED) is 0.887. The Balaban J connectivity index is 1.68. The Labute approximate surface area is 142 Å². The molecule has 1 aliphatic heterocycles. The van der Waals surface area contributed by atoms with Gasteiger partial charge in [-0.25, -0.2) is 0 Å². The van der Waals surface area contributed by atoms with Crippen LogP contribution in [0.15, 0.2) is 24.3 Å². The molecule has 1 heterocycles. The van der Waals surface area contributed by atoms with Crippen molar-refractivity contribution in [2.24, 2.45) is 0 Å². The Morgan fingerprint density at radius 2 is 1.91 bits per heavy atom. The van der Waals surface area contributed by atoms with E-state index in [1.165, 1.54) is 0 Å². The minimum atomic E-state index is -0.277. The molecule has 1 aliphatic carbocycles. The van der Waals surface area contributed by atoms with Gasteiger partial charge in [-0.1, -0.05) is 36.6 Å². The maximum absolute atomic E-state index is 12.5. The van der Waals surface area contributed by atoms with Crippen LogP contribution in [-0.4, -0.2) is 17.9 Å². The van der Waals surface area contributed by atoms with Gasteiger partial charge in [0.1, 0.15) is 0 Å². The lowest BCUT2D eigenvalue weighted by Gasteiger charge is -2.32. The largest absolute Gasteiger partial charge is 0.353 e. The fourth-order valence-electron chi connectivity index (χ4n) is 3.81. The van der Waals surface area contributed by atoms with Crippen molar-refractivity contribution in [2.45, 2.75) is 62.9 Å². The van der Waals surface area contributed by atoms with Crippen LogP contribution in [0, 0.1) is 0 Å². The van der Waals surface area contributed by atoms with Crippen molar-refractivity contribution in [3.63, 3.8) is 0 Å². The van der Waals surface area contributed by atoms with Gasteiger partial charge in [0, 0.05) is 23.9 Å². The Morgan fingerprint density at radius 1 is 1.22 bits per heavy atom. The minimum Gasteiger partial charge on any atom is -0.353 e. The first-order valence-corrected chi connectivity index (χ1v) is 8.82. The second-order valence-corrected chi connectivity index (χ2v) is 7.14. The lowest BCUT2D eigenvalue weighted by Crippen LogP contribution is -2.47. The Bertz CT molecular complexity index is 579. The van der Waals surface area contributed by atoms with Gasteiger partial charge in [0.05, 0.1) is 5.54 Å². The number of carbonyl (C=O) groups is 2. The van der Waals surface area contributed by atoms with E-state index in [4.69, 9.17) is 11.6 Å². The summed E-state index contributed by atoms with van der Waals surface area (Å²) in [4.78, 5) is 24.0. The average Bonchev–Trinajstić information content (AvgIpc) is 2.97. The van der Waals surface area contributed by atoms with Crippen LogP contribution in [0.2, 0.25) is 5.02 Å². The summed E-state index contributed by atoms with van der Waals surface area (Å²) in [6, 6.07) is 7.75. The average molecular weight is 335 g/mol.